The summed E-state index contributed by atoms with van der Waals surface area (Å²) in [4.78, 5) is 21.5. The normalized spacial score (nSPS) is 19.7. The summed E-state index contributed by atoms with van der Waals surface area (Å²) < 4.78 is 71.3. The van der Waals surface area contributed by atoms with Gasteiger partial charge in [0.1, 0.15) is 6.33 Å². The van der Waals surface area contributed by atoms with E-state index in [1.807, 2.05) is 4.90 Å². The fraction of sp³-hybridized carbons (Fsp3) is 0.538. The number of amides is 1. The molecule has 3 aromatic rings. The van der Waals surface area contributed by atoms with Gasteiger partial charge in [0.05, 0.1) is 29.3 Å². The number of halogens is 3. The minimum atomic E-state index is -3.81. The lowest BCUT2D eigenvalue weighted by molar-refractivity contribution is -0.0223. The first-order chi connectivity index (χ1) is 20.0. The molecule has 3 N–H and O–H groups in total. The van der Waals surface area contributed by atoms with Crippen molar-refractivity contribution < 1.29 is 31.5 Å². The van der Waals surface area contributed by atoms with Crippen molar-refractivity contribution in [1.29, 1.82) is 0 Å². The van der Waals surface area contributed by atoms with Crippen LogP contribution in [0, 0.1) is 11.2 Å². The molecule has 42 heavy (non-hydrogen) atoms. The highest BCUT2D eigenvalue weighted by molar-refractivity contribution is 7.92. The molecule has 2 aliphatic heterocycles. The van der Waals surface area contributed by atoms with Gasteiger partial charge in [0, 0.05) is 39.0 Å². The number of hydrogen-bond donors (Lipinski definition) is 3. The van der Waals surface area contributed by atoms with Crippen LogP contribution in [0.25, 0.3) is 5.65 Å². The first-order valence-corrected chi connectivity index (χ1v) is 15.5. The number of rotatable bonds is 8. The highest BCUT2D eigenvalue weighted by Crippen LogP contribution is 2.54. The van der Waals surface area contributed by atoms with E-state index in [-0.39, 0.29) is 35.9 Å². The number of sulfonamides is 1. The first-order valence-electron chi connectivity index (χ1n) is 13.8. The molecule has 0 unspecified atom stereocenters. The largest absolute Gasteiger partial charge is 0.395 e. The molecule has 1 amide bonds. The second kappa shape index (κ2) is 10.6. The van der Waals surface area contributed by atoms with Crippen LogP contribution in [0.1, 0.15) is 48.9 Å². The quantitative estimate of drug-likeness (QED) is 0.352. The number of aliphatic hydroxyl groups is 1. The third-order valence-corrected chi connectivity index (χ3v) is 9.65. The number of hydrogen-bond acceptors (Lipinski definition) is 9. The average molecular weight is 609 g/mol. The molecule has 1 saturated carbocycles. The minimum absolute atomic E-state index is 0.0272. The summed E-state index contributed by atoms with van der Waals surface area (Å²) in [5.41, 5.74) is 0.991. The maximum absolute atomic E-state index is 15.5. The van der Waals surface area contributed by atoms with Crippen molar-refractivity contribution in [3.8, 4) is 0 Å². The number of piperidine rings is 2. The maximum Gasteiger partial charge on any atom is 0.259 e. The van der Waals surface area contributed by atoms with Crippen molar-refractivity contribution in [1.82, 2.24) is 19.6 Å². The second-order valence-corrected chi connectivity index (χ2v) is 13.1. The van der Waals surface area contributed by atoms with Crippen LogP contribution in [-0.4, -0.2) is 83.5 Å². The van der Waals surface area contributed by atoms with E-state index in [1.54, 1.807) is 11.0 Å². The fourth-order valence-electron chi connectivity index (χ4n) is 5.65. The summed E-state index contributed by atoms with van der Waals surface area (Å²) in [7, 11) is -3.81. The van der Waals surface area contributed by atoms with E-state index in [9.17, 15) is 22.0 Å². The van der Waals surface area contributed by atoms with Gasteiger partial charge in [0.2, 0.25) is 27.4 Å². The van der Waals surface area contributed by atoms with Crippen molar-refractivity contribution in [2.24, 2.45) is 5.41 Å². The Kier molecular flexibility index (Phi) is 7.15. The maximum atomic E-state index is 15.5. The topological polar surface area (TPSA) is 145 Å². The van der Waals surface area contributed by atoms with Crippen molar-refractivity contribution in [2.45, 2.75) is 44.4 Å². The Hall–Kier alpha value is -3.66. The zero-order chi connectivity index (χ0) is 29.7. The lowest BCUT2D eigenvalue weighted by Gasteiger charge is -2.35. The number of nitrogens with zero attached hydrogens (tertiary/aromatic N) is 6. The Morgan fingerprint density at radius 3 is 2.38 bits per heavy atom. The standard InChI is InChI=1S/C26H31F3N8O4S/c27-20-21(32-24(37-16-30-33-22(20)37)36-11-7-26(28,29)8-12-36)31-23(39)18-2-1-17(34-42(40,41)14-13-38)15-19(18)35-9-5-25(3-4-25)6-10-35/h1-2,15-16,34,38H,3-14H2,(H,31,39). The molecule has 4 heterocycles. The Balaban J connectivity index is 1.32. The number of aliphatic hydroxyl groups excluding tert-OH is 1. The molecule has 1 aromatic carbocycles. The van der Waals surface area contributed by atoms with Gasteiger partial charge in [-0.1, -0.05) is 0 Å². The van der Waals surface area contributed by atoms with Crippen molar-refractivity contribution in [3.05, 3.63) is 35.9 Å². The smallest absolute Gasteiger partial charge is 0.259 e. The number of carbonyl (C=O) groups excluding carboxylic acids is 1. The molecular formula is C26H31F3N8O4S. The number of anilines is 4. The van der Waals surface area contributed by atoms with E-state index >= 15 is 4.39 Å². The van der Waals surface area contributed by atoms with E-state index in [4.69, 9.17) is 5.11 Å². The highest BCUT2D eigenvalue weighted by Gasteiger charge is 2.44. The first kappa shape index (κ1) is 28.5. The molecular weight excluding hydrogens is 577 g/mol. The molecule has 6 rings (SSSR count). The number of benzene rings is 1. The summed E-state index contributed by atoms with van der Waals surface area (Å²) in [6, 6.07) is 4.42. The summed E-state index contributed by atoms with van der Waals surface area (Å²) in [5.74, 6) is -5.21. The summed E-state index contributed by atoms with van der Waals surface area (Å²) in [6.45, 7) is 0.721. The predicted octanol–water partition coefficient (Wildman–Crippen LogP) is 2.87. The average Bonchev–Trinajstić information content (AvgIpc) is 3.50. The molecule has 0 radical (unpaired) electrons. The van der Waals surface area contributed by atoms with Gasteiger partial charge in [0.15, 0.2) is 5.82 Å². The molecule has 1 spiro atoms. The van der Waals surface area contributed by atoms with Crippen LogP contribution in [0.2, 0.25) is 0 Å². The van der Waals surface area contributed by atoms with Crippen LogP contribution < -0.4 is 19.8 Å². The summed E-state index contributed by atoms with van der Waals surface area (Å²) in [5, 5.41) is 19.1. The van der Waals surface area contributed by atoms with Gasteiger partial charge in [-0.15, -0.1) is 10.2 Å². The molecule has 3 fully saturated rings. The van der Waals surface area contributed by atoms with Crippen LogP contribution in [0.3, 0.4) is 0 Å². The minimum Gasteiger partial charge on any atom is -0.395 e. The molecule has 0 bridgehead atoms. The van der Waals surface area contributed by atoms with Gasteiger partial charge >= 0.3 is 0 Å². The Bertz CT molecular complexity index is 1610. The highest BCUT2D eigenvalue weighted by atomic mass is 32.2. The molecule has 12 nitrogen and oxygen atoms in total. The van der Waals surface area contributed by atoms with Crippen molar-refractivity contribution in [2.75, 3.05) is 58.4 Å². The van der Waals surface area contributed by atoms with Gasteiger partial charge in [-0.2, -0.15) is 9.37 Å². The van der Waals surface area contributed by atoms with Crippen LogP contribution in [0.15, 0.2) is 24.5 Å². The zero-order valence-corrected chi connectivity index (χ0v) is 23.5. The van der Waals surface area contributed by atoms with Gasteiger partial charge in [-0.3, -0.25) is 9.52 Å². The van der Waals surface area contributed by atoms with Crippen LogP contribution in [0.4, 0.5) is 36.3 Å². The predicted molar refractivity (Wildman–Crippen MR) is 149 cm³/mol. The van der Waals surface area contributed by atoms with Crippen LogP contribution >= 0.6 is 0 Å². The number of carbonyl (C=O) groups is 1. The molecule has 0 atom stereocenters. The molecule has 2 aromatic heterocycles. The number of nitrogens with one attached hydrogen (secondary N) is 2. The third-order valence-electron chi connectivity index (χ3n) is 8.39. The van der Waals surface area contributed by atoms with Crippen LogP contribution in [0.5, 0.6) is 0 Å². The third kappa shape index (κ3) is 5.69. The van der Waals surface area contributed by atoms with E-state index in [1.165, 1.54) is 35.7 Å². The molecule has 226 valence electrons. The van der Waals surface area contributed by atoms with Crippen molar-refractivity contribution >= 4 is 44.7 Å². The Morgan fingerprint density at radius 1 is 1.02 bits per heavy atom. The van der Waals surface area contributed by atoms with Gasteiger partial charge < -0.3 is 20.2 Å². The van der Waals surface area contributed by atoms with E-state index in [0.29, 0.717) is 24.2 Å². The Morgan fingerprint density at radius 2 is 1.71 bits per heavy atom. The number of alkyl halides is 2. The molecule has 1 aliphatic carbocycles. The number of fused-ring (bicyclic) bond motifs is 1. The van der Waals surface area contributed by atoms with E-state index in [2.05, 4.69) is 25.2 Å². The van der Waals surface area contributed by atoms with Crippen LogP contribution in [-0.2, 0) is 10.0 Å². The lowest BCUT2D eigenvalue weighted by Crippen LogP contribution is -2.40. The number of aromatic nitrogens is 4. The fourth-order valence-corrected chi connectivity index (χ4v) is 6.48. The van der Waals surface area contributed by atoms with E-state index < -0.39 is 58.7 Å². The van der Waals surface area contributed by atoms with Gasteiger partial charge in [0.25, 0.3) is 11.8 Å². The van der Waals surface area contributed by atoms with E-state index in [0.717, 1.165) is 12.8 Å². The molecule has 3 aliphatic rings. The monoisotopic (exact) mass is 608 g/mol. The SMILES string of the molecule is O=C(Nc1nc(N2CCC(F)(F)CC2)n2cnnc2c1F)c1ccc(NS(=O)(=O)CCO)cc1N1CCC2(CC1)CC2. The second-order valence-electron chi connectivity index (χ2n) is 11.3. The van der Waals surface area contributed by atoms with Crippen molar-refractivity contribution in [3.63, 3.8) is 0 Å². The Labute approximate surface area is 240 Å². The molecule has 16 heteroatoms. The summed E-state index contributed by atoms with van der Waals surface area (Å²) in [6.07, 6.45) is 4.65. The zero-order valence-electron chi connectivity index (χ0n) is 22.7. The summed E-state index contributed by atoms with van der Waals surface area (Å²) >= 11 is 0. The van der Waals surface area contributed by atoms with Gasteiger partial charge in [-0.25, -0.2) is 21.6 Å². The lowest BCUT2D eigenvalue weighted by atomic mass is 9.93. The van der Waals surface area contributed by atoms with Gasteiger partial charge in [-0.05, 0) is 49.3 Å². The molecule has 2 saturated heterocycles.